The molecule has 24 heavy (non-hydrogen) atoms. The molecule has 1 aromatic rings. The van der Waals surface area contributed by atoms with Crippen LogP contribution in [0, 0.1) is 11.7 Å². The molecule has 1 amide bonds. The van der Waals surface area contributed by atoms with Crippen LogP contribution in [0.15, 0.2) is 24.3 Å². The number of benzene rings is 1. The van der Waals surface area contributed by atoms with Crippen molar-refractivity contribution in [3.05, 3.63) is 30.1 Å². The molecule has 1 fully saturated rings. The quantitative estimate of drug-likeness (QED) is 0.682. The Kier molecular flexibility index (Phi) is 11.8. The van der Waals surface area contributed by atoms with Gasteiger partial charge in [0.2, 0.25) is 5.91 Å². The van der Waals surface area contributed by atoms with E-state index in [2.05, 4.69) is 10.6 Å². The van der Waals surface area contributed by atoms with E-state index in [4.69, 9.17) is 0 Å². The number of carbonyl (C=O) groups is 1. The summed E-state index contributed by atoms with van der Waals surface area (Å²) in [4.78, 5) is 13.6. The summed E-state index contributed by atoms with van der Waals surface area (Å²) in [6.45, 7) is 3.48. The molecule has 138 valence electrons. The zero-order valence-corrected chi connectivity index (χ0v) is 15.7. The first-order valence-corrected chi connectivity index (χ1v) is 8.10. The molecule has 0 spiro atoms. The Morgan fingerprint density at radius 3 is 2.79 bits per heavy atom. The summed E-state index contributed by atoms with van der Waals surface area (Å²) >= 11 is 0. The Hall–Kier alpha value is -1.04. The van der Waals surface area contributed by atoms with E-state index in [0.29, 0.717) is 31.1 Å². The second-order valence-electron chi connectivity index (χ2n) is 5.97. The van der Waals surface area contributed by atoms with Gasteiger partial charge in [-0.3, -0.25) is 4.79 Å². The molecule has 0 aliphatic carbocycles. The predicted octanol–water partition coefficient (Wildman–Crippen LogP) is 3.00. The van der Waals surface area contributed by atoms with E-state index in [1.54, 1.807) is 12.1 Å². The molecule has 4 nitrogen and oxygen atoms in total. The topological polar surface area (TPSA) is 44.4 Å². The van der Waals surface area contributed by atoms with Gasteiger partial charge in [-0.05, 0) is 50.4 Å². The molecule has 0 bridgehead atoms. The van der Waals surface area contributed by atoms with Crippen LogP contribution in [-0.4, -0.2) is 39.1 Å². The van der Waals surface area contributed by atoms with Gasteiger partial charge in [0, 0.05) is 26.6 Å². The fourth-order valence-corrected chi connectivity index (χ4v) is 2.81. The second-order valence-corrected chi connectivity index (χ2v) is 5.97. The third-order valence-corrected chi connectivity index (χ3v) is 4.20. The first-order valence-electron chi connectivity index (χ1n) is 8.10. The molecule has 1 aliphatic heterocycles. The molecular formula is C17H28Cl2FN3O. The van der Waals surface area contributed by atoms with E-state index in [-0.39, 0.29) is 36.5 Å². The van der Waals surface area contributed by atoms with Crippen molar-refractivity contribution >= 4 is 36.4 Å². The summed E-state index contributed by atoms with van der Waals surface area (Å²) in [6, 6.07) is 6.75. The number of carbonyl (C=O) groups excluding carboxylic acids is 1. The smallest absolute Gasteiger partial charge is 0.220 e. The third kappa shape index (κ3) is 7.69. The molecule has 1 atom stereocenters. The van der Waals surface area contributed by atoms with Crippen molar-refractivity contribution in [2.45, 2.75) is 25.7 Å². The highest BCUT2D eigenvalue weighted by Crippen LogP contribution is 2.17. The zero-order valence-electron chi connectivity index (χ0n) is 14.1. The molecule has 2 rings (SSSR count). The first kappa shape index (κ1) is 23.0. The van der Waals surface area contributed by atoms with E-state index in [1.165, 1.54) is 12.5 Å². The standard InChI is InChI=1S/C17H26FN3O.2ClH/c1-21(16-6-3-2-5-15(16)18)12-4-10-20-17(22)8-7-14-9-11-19-13-14;;/h2-3,5-6,14,19H,4,7-13H2,1H3,(H,20,22);2*1H. The molecule has 2 N–H and O–H groups in total. The highest BCUT2D eigenvalue weighted by atomic mass is 35.5. The Balaban J connectivity index is 0.00000264. The van der Waals surface area contributed by atoms with Crippen molar-refractivity contribution in [3.63, 3.8) is 0 Å². The van der Waals surface area contributed by atoms with Gasteiger partial charge in [0.25, 0.3) is 0 Å². The fraction of sp³-hybridized carbons (Fsp3) is 0.588. The molecule has 1 saturated heterocycles. The lowest BCUT2D eigenvalue weighted by atomic mass is 10.0. The molecule has 1 aliphatic rings. The van der Waals surface area contributed by atoms with Crippen LogP contribution in [0.5, 0.6) is 0 Å². The van der Waals surface area contributed by atoms with Crippen molar-refractivity contribution in [1.82, 2.24) is 10.6 Å². The number of hydrogen-bond donors (Lipinski definition) is 2. The summed E-state index contributed by atoms with van der Waals surface area (Å²) in [5, 5.41) is 6.26. The van der Waals surface area contributed by atoms with Gasteiger partial charge in [0.15, 0.2) is 0 Å². The van der Waals surface area contributed by atoms with Gasteiger partial charge in [0.05, 0.1) is 5.69 Å². The molecule has 1 aromatic carbocycles. The minimum Gasteiger partial charge on any atom is -0.372 e. The Labute approximate surface area is 156 Å². The second kappa shape index (κ2) is 12.3. The third-order valence-electron chi connectivity index (χ3n) is 4.20. The minimum absolute atomic E-state index is 0. The van der Waals surface area contributed by atoms with Crippen molar-refractivity contribution in [1.29, 1.82) is 0 Å². The highest BCUT2D eigenvalue weighted by molar-refractivity contribution is 5.85. The maximum atomic E-state index is 13.6. The summed E-state index contributed by atoms with van der Waals surface area (Å²) in [7, 11) is 1.87. The van der Waals surface area contributed by atoms with E-state index in [1.807, 2.05) is 18.0 Å². The lowest BCUT2D eigenvalue weighted by Crippen LogP contribution is -2.28. The van der Waals surface area contributed by atoms with Gasteiger partial charge < -0.3 is 15.5 Å². The molecular weight excluding hydrogens is 352 g/mol. The number of anilines is 1. The van der Waals surface area contributed by atoms with Crippen molar-refractivity contribution in [2.75, 3.05) is 38.1 Å². The van der Waals surface area contributed by atoms with Gasteiger partial charge in [-0.1, -0.05) is 12.1 Å². The van der Waals surface area contributed by atoms with Gasteiger partial charge in [-0.25, -0.2) is 4.39 Å². The predicted molar refractivity (Wildman–Crippen MR) is 102 cm³/mol. The van der Waals surface area contributed by atoms with Gasteiger partial charge in [0.1, 0.15) is 5.82 Å². The molecule has 0 radical (unpaired) electrons. The number of nitrogens with one attached hydrogen (secondary N) is 2. The van der Waals surface area contributed by atoms with Crippen LogP contribution < -0.4 is 15.5 Å². The van der Waals surface area contributed by atoms with Crippen LogP contribution >= 0.6 is 24.8 Å². The lowest BCUT2D eigenvalue weighted by molar-refractivity contribution is -0.121. The van der Waals surface area contributed by atoms with Crippen LogP contribution in [0.1, 0.15) is 25.7 Å². The number of nitrogens with zero attached hydrogens (tertiary/aromatic N) is 1. The molecule has 0 saturated carbocycles. The van der Waals surface area contributed by atoms with Gasteiger partial charge >= 0.3 is 0 Å². The molecule has 1 heterocycles. The number of halogens is 3. The van der Waals surface area contributed by atoms with Crippen LogP contribution in [0.2, 0.25) is 0 Å². The monoisotopic (exact) mass is 379 g/mol. The fourth-order valence-electron chi connectivity index (χ4n) is 2.81. The SMILES string of the molecule is CN(CCCNC(=O)CCC1CCNC1)c1ccccc1F.Cl.Cl. The number of para-hydroxylation sites is 1. The molecule has 0 aromatic heterocycles. The maximum absolute atomic E-state index is 13.6. The number of amides is 1. The van der Waals surface area contributed by atoms with Crippen molar-refractivity contribution < 1.29 is 9.18 Å². The Morgan fingerprint density at radius 1 is 1.38 bits per heavy atom. The normalized spacial score (nSPS) is 16.0. The van der Waals surface area contributed by atoms with Gasteiger partial charge in [-0.15, -0.1) is 24.8 Å². The molecule has 1 unspecified atom stereocenters. The minimum atomic E-state index is -0.209. The van der Waals surface area contributed by atoms with Crippen LogP contribution in [-0.2, 0) is 4.79 Å². The van der Waals surface area contributed by atoms with Gasteiger partial charge in [-0.2, -0.15) is 0 Å². The lowest BCUT2D eigenvalue weighted by Gasteiger charge is -2.19. The molecule has 7 heteroatoms. The van der Waals surface area contributed by atoms with E-state index in [0.717, 1.165) is 25.9 Å². The van der Waals surface area contributed by atoms with E-state index >= 15 is 0 Å². The zero-order chi connectivity index (χ0) is 15.8. The highest BCUT2D eigenvalue weighted by Gasteiger charge is 2.15. The summed E-state index contributed by atoms with van der Waals surface area (Å²) in [5.41, 5.74) is 0.600. The average Bonchev–Trinajstić information content (AvgIpc) is 3.03. The number of rotatable bonds is 8. The van der Waals surface area contributed by atoms with Crippen LogP contribution in [0.3, 0.4) is 0 Å². The Morgan fingerprint density at radius 2 is 2.12 bits per heavy atom. The van der Waals surface area contributed by atoms with E-state index in [9.17, 15) is 9.18 Å². The maximum Gasteiger partial charge on any atom is 0.220 e. The Bertz CT molecular complexity index is 485. The summed E-state index contributed by atoms with van der Waals surface area (Å²) in [5.74, 6) is 0.567. The van der Waals surface area contributed by atoms with Crippen LogP contribution in [0.4, 0.5) is 10.1 Å². The van der Waals surface area contributed by atoms with Crippen LogP contribution in [0.25, 0.3) is 0 Å². The summed E-state index contributed by atoms with van der Waals surface area (Å²) in [6.07, 6.45) is 3.56. The largest absolute Gasteiger partial charge is 0.372 e. The summed E-state index contributed by atoms with van der Waals surface area (Å²) < 4.78 is 13.6. The first-order chi connectivity index (χ1) is 10.7. The average molecular weight is 380 g/mol. The van der Waals surface area contributed by atoms with Crippen molar-refractivity contribution in [3.8, 4) is 0 Å². The number of hydrogen-bond acceptors (Lipinski definition) is 3. The van der Waals surface area contributed by atoms with E-state index < -0.39 is 0 Å². The van der Waals surface area contributed by atoms with Crippen molar-refractivity contribution in [2.24, 2.45) is 5.92 Å².